The Kier molecular flexibility index (Phi) is 5.46. The van der Waals surface area contributed by atoms with Gasteiger partial charge in [0.2, 0.25) is 0 Å². The van der Waals surface area contributed by atoms with E-state index in [2.05, 4.69) is 9.44 Å². The summed E-state index contributed by atoms with van der Waals surface area (Å²) < 4.78 is 26.9. The smallest absolute Gasteiger partial charge is 0.277 e. The maximum atomic E-state index is 11.1. The molecule has 0 saturated carbocycles. The van der Waals surface area contributed by atoms with E-state index in [-0.39, 0.29) is 6.04 Å². The van der Waals surface area contributed by atoms with Crippen molar-refractivity contribution in [3.8, 4) is 0 Å². The largest absolute Gasteiger partial charge is 0.393 e. The Morgan fingerprint density at radius 1 is 1.38 bits per heavy atom. The van der Waals surface area contributed by atoms with Gasteiger partial charge in [0.1, 0.15) is 0 Å². The van der Waals surface area contributed by atoms with Gasteiger partial charge in [-0.25, -0.2) is 4.72 Å². The molecular formula is C7H18N2O3S. The minimum absolute atomic E-state index is 0.260. The van der Waals surface area contributed by atoms with Crippen LogP contribution in [0, 0.1) is 0 Å². The van der Waals surface area contributed by atoms with Gasteiger partial charge in [-0.05, 0) is 20.3 Å². The lowest BCUT2D eigenvalue weighted by Crippen LogP contribution is -2.42. The van der Waals surface area contributed by atoms with Crippen molar-refractivity contribution in [2.75, 3.05) is 6.54 Å². The summed E-state index contributed by atoms with van der Waals surface area (Å²) in [6, 6.07) is -0.260. The molecule has 0 radical (unpaired) electrons. The van der Waals surface area contributed by atoms with E-state index < -0.39 is 16.3 Å². The molecule has 0 saturated heterocycles. The molecule has 0 aliphatic heterocycles. The molecule has 0 fully saturated rings. The lowest BCUT2D eigenvalue weighted by atomic mass is 10.2. The number of aliphatic hydroxyl groups excluding tert-OH is 1. The highest BCUT2D eigenvalue weighted by Crippen LogP contribution is 1.97. The number of hydrogen-bond acceptors (Lipinski definition) is 3. The molecule has 2 unspecified atom stereocenters. The first-order valence-electron chi connectivity index (χ1n) is 4.32. The maximum Gasteiger partial charge on any atom is 0.277 e. The van der Waals surface area contributed by atoms with Crippen LogP contribution >= 0.6 is 0 Å². The molecule has 0 aromatic heterocycles. The third kappa shape index (κ3) is 6.94. The van der Waals surface area contributed by atoms with E-state index in [1.54, 1.807) is 20.8 Å². The zero-order chi connectivity index (χ0) is 10.5. The van der Waals surface area contributed by atoms with Gasteiger partial charge in [-0.1, -0.05) is 6.92 Å². The monoisotopic (exact) mass is 210 g/mol. The average molecular weight is 210 g/mol. The van der Waals surface area contributed by atoms with Crippen molar-refractivity contribution in [3.63, 3.8) is 0 Å². The Hall–Kier alpha value is -0.170. The molecule has 2 atom stereocenters. The van der Waals surface area contributed by atoms with Crippen molar-refractivity contribution in [1.82, 2.24) is 9.44 Å². The predicted molar refractivity (Wildman–Crippen MR) is 51.5 cm³/mol. The third-order valence-electron chi connectivity index (χ3n) is 1.39. The molecule has 13 heavy (non-hydrogen) atoms. The second-order valence-corrected chi connectivity index (χ2v) is 4.64. The van der Waals surface area contributed by atoms with Gasteiger partial charge >= 0.3 is 0 Å². The fourth-order valence-electron chi connectivity index (χ4n) is 1.06. The fourth-order valence-corrected chi connectivity index (χ4v) is 2.15. The van der Waals surface area contributed by atoms with Gasteiger partial charge in [-0.2, -0.15) is 13.1 Å². The highest BCUT2D eigenvalue weighted by molar-refractivity contribution is 7.87. The van der Waals surface area contributed by atoms with Crippen molar-refractivity contribution < 1.29 is 13.5 Å². The van der Waals surface area contributed by atoms with E-state index in [9.17, 15) is 8.42 Å². The molecule has 0 aliphatic carbocycles. The Morgan fingerprint density at radius 3 is 2.31 bits per heavy atom. The number of nitrogens with one attached hydrogen (secondary N) is 2. The lowest BCUT2D eigenvalue weighted by molar-refractivity contribution is 0.175. The summed E-state index contributed by atoms with van der Waals surface area (Å²) >= 11 is 0. The zero-order valence-corrected chi connectivity index (χ0v) is 9.06. The minimum Gasteiger partial charge on any atom is -0.393 e. The van der Waals surface area contributed by atoms with E-state index in [4.69, 9.17) is 5.11 Å². The molecule has 0 spiro atoms. The zero-order valence-electron chi connectivity index (χ0n) is 8.24. The van der Waals surface area contributed by atoms with Crippen molar-refractivity contribution in [2.45, 2.75) is 39.3 Å². The second-order valence-electron chi connectivity index (χ2n) is 3.10. The van der Waals surface area contributed by atoms with E-state index in [0.29, 0.717) is 13.0 Å². The van der Waals surface area contributed by atoms with Crippen molar-refractivity contribution >= 4 is 10.2 Å². The fraction of sp³-hybridized carbons (Fsp3) is 1.00. The molecule has 0 rings (SSSR count). The van der Waals surface area contributed by atoms with Gasteiger partial charge in [0.25, 0.3) is 10.2 Å². The molecule has 3 N–H and O–H groups in total. The molecule has 0 aromatic rings. The van der Waals surface area contributed by atoms with Crippen LogP contribution in [0.3, 0.4) is 0 Å². The van der Waals surface area contributed by atoms with Crippen molar-refractivity contribution in [1.29, 1.82) is 0 Å². The number of rotatable bonds is 6. The molecule has 5 nitrogen and oxygen atoms in total. The van der Waals surface area contributed by atoms with E-state index >= 15 is 0 Å². The van der Waals surface area contributed by atoms with E-state index in [1.807, 2.05) is 0 Å². The highest BCUT2D eigenvalue weighted by atomic mass is 32.2. The standard InChI is InChI=1S/C7H18N2O3S/c1-4-8-13(11,12)9-6(2)5-7(3)10/h6-10H,4-5H2,1-3H3. The first kappa shape index (κ1) is 12.8. The molecule has 6 heteroatoms. The molecule has 80 valence electrons. The number of aliphatic hydroxyl groups is 1. The van der Waals surface area contributed by atoms with Gasteiger partial charge in [0, 0.05) is 12.6 Å². The third-order valence-corrected chi connectivity index (χ3v) is 2.77. The first-order valence-corrected chi connectivity index (χ1v) is 5.80. The maximum absolute atomic E-state index is 11.1. The van der Waals surface area contributed by atoms with E-state index in [1.165, 1.54) is 0 Å². The van der Waals surface area contributed by atoms with Crippen LogP contribution < -0.4 is 9.44 Å². The molecule has 0 aliphatic rings. The van der Waals surface area contributed by atoms with E-state index in [0.717, 1.165) is 0 Å². The lowest BCUT2D eigenvalue weighted by Gasteiger charge is -2.15. The topological polar surface area (TPSA) is 78.4 Å². The predicted octanol–water partition coefficient (Wildman–Crippen LogP) is -0.410. The van der Waals surface area contributed by atoms with Crippen LogP contribution in [0.2, 0.25) is 0 Å². The van der Waals surface area contributed by atoms with Crippen molar-refractivity contribution in [2.24, 2.45) is 0 Å². The van der Waals surface area contributed by atoms with Gasteiger partial charge < -0.3 is 5.11 Å². The molecule has 0 amide bonds. The average Bonchev–Trinajstić information content (AvgIpc) is 1.81. The van der Waals surface area contributed by atoms with Crippen LogP contribution in [-0.2, 0) is 10.2 Å². The Balaban J connectivity index is 3.97. The summed E-state index contributed by atoms with van der Waals surface area (Å²) in [5, 5.41) is 8.99. The van der Waals surface area contributed by atoms with Crippen molar-refractivity contribution in [3.05, 3.63) is 0 Å². The summed E-state index contributed by atoms with van der Waals surface area (Å²) in [5.41, 5.74) is 0. The SMILES string of the molecule is CCNS(=O)(=O)NC(C)CC(C)O. The Labute approximate surface area is 79.7 Å². The molecule has 0 bridgehead atoms. The van der Waals surface area contributed by atoms with Crippen LogP contribution in [0.1, 0.15) is 27.2 Å². The second kappa shape index (κ2) is 5.54. The van der Waals surface area contributed by atoms with Crippen LogP contribution in [0.25, 0.3) is 0 Å². The Bertz CT molecular complexity index is 226. The summed E-state index contributed by atoms with van der Waals surface area (Å²) in [6.07, 6.45) is -0.0933. The summed E-state index contributed by atoms with van der Waals surface area (Å²) in [4.78, 5) is 0. The van der Waals surface area contributed by atoms with Gasteiger partial charge in [-0.15, -0.1) is 0 Å². The highest BCUT2D eigenvalue weighted by Gasteiger charge is 2.13. The molecule has 0 aromatic carbocycles. The van der Waals surface area contributed by atoms with Gasteiger partial charge in [0.15, 0.2) is 0 Å². The quantitative estimate of drug-likeness (QED) is 0.557. The van der Waals surface area contributed by atoms with Crippen LogP contribution in [0.5, 0.6) is 0 Å². The minimum atomic E-state index is -3.39. The summed E-state index contributed by atoms with van der Waals surface area (Å²) in [6.45, 7) is 5.40. The Morgan fingerprint density at radius 2 is 1.92 bits per heavy atom. The normalized spacial score (nSPS) is 16.9. The van der Waals surface area contributed by atoms with Crippen LogP contribution in [-0.4, -0.2) is 32.2 Å². The first-order chi connectivity index (χ1) is 5.87. The summed E-state index contributed by atoms with van der Waals surface area (Å²) in [7, 11) is -3.39. The van der Waals surface area contributed by atoms with Crippen LogP contribution in [0.4, 0.5) is 0 Å². The molecule has 0 heterocycles. The van der Waals surface area contributed by atoms with Gasteiger partial charge in [0.05, 0.1) is 6.10 Å². The van der Waals surface area contributed by atoms with Crippen LogP contribution in [0.15, 0.2) is 0 Å². The van der Waals surface area contributed by atoms with Gasteiger partial charge in [-0.3, -0.25) is 0 Å². The summed E-state index contributed by atoms with van der Waals surface area (Å²) in [5.74, 6) is 0. The number of hydrogen-bond donors (Lipinski definition) is 3. The molecular weight excluding hydrogens is 192 g/mol.